The van der Waals surface area contributed by atoms with Crippen molar-refractivity contribution in [3.8, 4) is 0 Å². The van der Waals surface area contributed by atoms with Gasteiger partial charge in [-0.25, -0.2) is 0 Å². The lowest BCUT2D eigenvalue weighted by atomic mass is 9.73. The van der Waals surface area contributed by atoms with Crippen molar-refractivity contribution >= 4 is 0 Å². The van der Waals surface area contributed by atoms with E-state index in [1.54, 1.807) is 0 Å². The number of hydrogen-bond donors (Lipinski definition) is 1. The first-order valence-corrected chi connectivity index (χ1v) is 5.58. The van der Waals surface area contributed by atoms with E-state index in [1.807, 2.05) is 0 Å². The Bertz CT molecular complexity index is 151. The van der Waals surface area contributed by atoms with Crippen molar-refractivity contribution in [2.45, 2.75) is 57.9 Å². The summed E-state index contributed by atoms with van der Waals surface area (Å²) in [6.07, 6.45) is 10.2. The van der Waals surface area contributed by atoms with E-state index >= 15 is 0 Å². The fourth-order valence-electron chi connectivity index (χ4n) is 3.01. The summed E-state index contributed by atoms with van der Waals surface area (Å²) in [5.41, 5.74) is 0.735. The van der Waals surface area contributed by atoms with Crippen LogP contribution in [-0.4, -0.2) is 12.6 Å². The number of nitrogens with one attached hydrogen (secondary N) is 1. The summed E-state index contributed by atoms with van der Waals surface area (Å²) in [6.45, 7) is 3.62. The lowest BCUT2D eigenvalue weighted by Crippen LogP contribution is -2.24. The molecule has 1 saturated carbocycles. The predicted molar refractivity (Wildman–Crippen MR) is 52.2 cm³/mol. The van der Waals surface area contributed by atoms with E-state index in [0.29, 0.717) is 0 Å². The van der Waals surface area contributed by atoms with Crippen molar-refractivity contribution in [1.82, 2.24) is 5.32 Å². The summed E-state index contributed by atoms with van der Waals surface area (Å²) in [6, 6.07) is 0.885. The van der Waals surface area contributed by atoms with Gasteiger partial charge in [-0.1, -0.05) is 26.2 Å². The van der Waals surface area contributed by atoms with Gasteiger partial charge >= 0.3 is 0 Å². The van der Waals surface area contributed by atoms with Crippen LogP contribution in [0.1, 0.15) is 51.9 Å². The lowest BCUT2D eigenvalue weighted by molar-refractivity contribution is 0.221. The minimum atomic E-state index is 0.735. The van der Waals surface area contributed by atoms with E-state index in [4.69, 9.17) is 0 Å². The second-order valence-corrected chi connectivity index (χ2v) is 4.78. The number of rotatable bonds is 3. The minimum Gasteiger partial charge on any atom is -0.313 e. The summed E-state index contributed by atoms with van der Waals surface area (Å²) in [5.74, 6) is 0. The highest BCUT2D eigenvalue weighted by molar-refractivity contribution is 4.97. The van der Waals surface area contributed by atoms with Crippen LogP contribution in [0.3, 0.4) is 0 Å². The molecule has 0 spiro atoms. The van der Waals surface area contributed by atoms with Gasteiger partial charge in [0.25, 0.3) is 0 Å². The molecule has 1 aliphatic carbocycles. The molecule has 1 aliphatic heterocycles. The molecule has 2 bridgehead atoms. The third kappa shape index (κ3) is 1.52. The molecule has 2 rings (SSSR count). The molecule has 0 radical (unpaired) electrons. The quantitative estimate of drug-likeness (QED) is 0.681. The molecule has 1 heterocycles. The van der Waals surface area contributed by atoms with E-state index in [1.165, 1.54) is 51.5 Å². The molecule has 2 aliphatic rings. The van der Waals surface area contributed by atoms with Gasteiger partial charge in [0.05, 0.1) is 0 Å². The zero-order valence-corrected chi connectivity index (χ0v) is 8.23. The Balaban J connectivity index is 1.91. The van der Waals surface area contributed by atoms with Gasteiger partial charge in [-0.3, -0.25) is 0 Å². The first-order valence-electron chi connectivity index (χ1n) is 5.58. The van der Waals surface area contributed by atoms with Gasteiger partial charge in [0, 0.05) is 12.6 Å². The highest BCUT2D eigenvalue weighted by Gasteiger charge is 2.40. The normalized spacial score (nSPS) is 40.2. The van der Waals surface area contributed by atoms with E-state index in [-0.39, 0.29) is 0 Å². The molecule has 0 aromatic rings. The summed E-state index contributed by atoms with van der Waals surface area (Å²) < 4.78 is 0. The van der Waals surface area contributed by atoms with Crippen LogP contribution in [-0.2, 0) is 0 Å². The van der Waals surface area contributed by atoms with Crippen molar-refractivity contribution in [2.75, 3.05) is 6.54 Å². The molecule has 2 fully saturated rings. The lowest BCUT2D eigenvalue weighted by Gasteiger charge is -2.31. The Morgan fingerprint density at radius 1 is 1.50 bits per heavy atom. The zero-order valence-electron chi connectivity index (χ0n) is 8.23. The summed E-state index contributed by atoms with van der Waals surface area (Å²) in [7, 11) is 0. The molecule has 0 amide bonds. The number of unbranched alkanes of at least 4 members (excludes halogenated alkanes) is 1. The maximum Gasteiger partial charge on any atom is 0.00730 e. The third-order valence-electron chi connectivity index (χ3n) is 3.77. The van der Waals surface area contributed by atoms with Gasteiger partial charge in [-0.15, -0.1) is 0 Å². The number of fused-ring (bicyclic) bond motifs is 2. The van der Waals surface area contributed by atoms with E-state index in [0.717, 1.165) is 11.5 Å². The topological polar surface area (TPSA) is 12.0 Å². The van der Waals surface area contributed by atoms with Crippen LogP contribution in [0.25, 0.3) is 0 Å². The molecule has 0 aromatic heterocycles. The first kappa shape index (κ1) is 8.55. The largest absolute Gasteiger partial charge is 0.313 e. The smallest absolute Gasteiger partial charge is 0.00730 e. The maximum absolute atomic E-state index is 3.67. The SMILES string of the molecule is CCCCC12CCCC(C1)NC2. The second kappa shape index (κ2) is 3.37. The summed E-state index contributed by atoms with van der Waals surface area (Å²) in [4.78, 5) is 0. The van der Waals surface area contributed by atoms with Crippen LogP contribution in [0, 0.1) is 5.41 Å². The molecule has 1 nitrogen and oxygen atoms in total. The van der Waals surface area contributed by atoms with E-state index in [2.05, 4.69) is 12.2 Å². The molecule has 12 heavy (non-hydrogen) atoms. The molecule has 1 N–H and O–H groups in total. The highest BCUT2D eigenvalue weighted by atomic mass is 15.0. The molecule has 1 heteroatoms. The second-order valence-electron chi connectivity index (χ2n) is 4.78. The average molecular weight is 167 g/mol. The Morgan fingerprint density at radius 2 is 2.42 bits per heavy atom. The van der Waals surface area contributed by atoms with E-state index in [9.17, 15) is 0 Å². The van der Waals surface area contributed by atoms with Gasteiger partial charge in [0.2, 0.25) is 0 Å². The van der Waals surface area contributed by atoms with Crippen molar-refractivity contribution in [3.63, 3.8) is 0 Å². The Morgan fingerprint density at radius 3 is 3.25 bits per heavy atom. The van der Waals surface area contributed by atoms with Crippen LogP contribution in [0.15, 0.2) is 0 Å². The highest BCUT2D eigenvalue weighted by Crippen LogP contribution is 2.44. The van der Waals surface area contributed by atoms with Crippen molar-refractivity contribution < 1.29 is 0 Å². The van der Waals surface area contributed by atoms with Gasteiger partial charge in [0.1, 0.15) is 0 Å². The fraction of sp³-hybridized carbons (Fsp3) is 1.00. The zero-order chi connectivity index (χ0) is 8.44. The van der Waals surface area contributed by atoms with Gasteiger partial charge in [-0.05, 0) is 31.1 Å². The molecular formula is C11H21N. The molecule has 0 aromatic carbocycles. The van der Waals surface area contributed by atoms with Gasteiger partial charge in [0.15, 0.2) is 0 Å². The molecule has 70 valence electrons. The van der Waals surface area contributed by atoms with Crippen LogP contribution < -0.4 is 5.32 Å². The molecular weight excluding hydrogens is 146 g/mol. The van der Waals surface area contributed by atoms with Crippen molar-refractivity contribution in [3.05, 3.63) is 0 Å². The van der Waals surface area contributed by atoms with Crippen LogP contribution in [0.4, 0.5) is 0 Å². The van der Waals surface area contributed by atoms with Crippen LogP contribution in [0.2, 0.25) is 0 Å². The summed E-state index contributed by atoms with van der Waals surface area (Å²) >= 11 is 0. The first-order chi connectivity index (χ1) is 5.85. The monoisotopic (exact) mass is 167 g/mol. The molecule has 1 saturated heterocycles. The van der Waals surface area contributed by atoms with Crippen molar-refractivity contribution in [1.29, 1.82) is 0 Å². The third-order valence-corrected chi connectivity index (χ3v) is 3.77. The predicted octanol–water partition coefficient (Wildman–Crippen LogP) is 2.71. The van der Waals surface area contributed by atoms with Crippen LogP contribution >= 0.6 is 0 Å². The Hall–Kier alpha value is -0.0400. The van der Waals surface area contributed by atoms with Crippen molar-refractivity contribution in [2.24, 2.45) is 5.41 Å². The Kier molecular flexibility index (Phi) is 2.40. The van der Waals surface area contributed by atoms with Gasteiger partial charge in [-0.2, -0.15) is 0 Å². The minimum absolute atomic E-state index is 0.735. The van der Waals surface area contributed by atoms with Gasteiger partial charge < -0.3 is 5.32 Å². The number of hydrogen-bond acceptors (Lipinski definition) is 1. The summed E-state index contributed by atoms with van der Waals surface area (Å²) in [5, 5.41) is 3.67. The fourth-order valence-corrected chi connectivity index (χ4v) is 3.01. The van der Waals surface area contributed by atoms with Crippen LogP contribution in [0.5, 0.6) is 0 Å². The average Bonchev–Trinajstić information content (AvgIpc) is 2.40. The molecule has 2 atom stereocenters. The van der Waals surface area contributed by atoms with E-state index < -0.39 is 0 Å². The molecule has 2 unspecified atom stereocenters. The standard InChI is InChI=1S/C11H21N/c1-2-3-6-11-7-4-5-10(8-11)12-9-11/h10,12H,2-9H2,1H3. The maximum atomic E-state index is 3.67. The Labute approximate surface area is 75.9 Å².